The van der Waals surface area contributed by atoms with E-state index >= 15 is 0 Å². The van der Waals surface area contributed by atoms with Gasteiger partial charge in [0.05, 0.1) is 6.07 Å². The number of hydrogen-bond acceptors (Lipinski definition) is 2. The van der Waals surface area contributed by atoms with Gasteiger partial charge in [-0.25, -0.2) is 0 Å². The number of benzene rings is 1. The summed E-state index contributed by atoms with van der Waals surface area (Å²) in [5.41, 5.74) is 0.391. The Hall–Kier alpha value is -1.53. The van der Waals surface area contributed by atoms with Crippen molar-refractivity contribution in [3.8, 4) is 6.07 Å². The summed E-state index contributed by atoms with van der Waals surface area (Å²) in [6.45, 7) is 0. The van der Waals surface area contributed by atoms with Crippen molar-refractivity contribution in [1.82, 2.24) is 5.32 Å². The van der Waals surface area contributed by atoms with Gasteiger partial charge in [0.15, 0.2) is 0 Å². The standard InChI is InChI=1S/C16H17ClN2O/c17-12-5-3-4-11(8-12)13-9-14(13)19-15(20)16(10-18)6-1-2-7-16/h3-5,8,13-14H,1-2,6-7,9H2,(H,19,20). The molecule has 0 aromatic heterocycles. The highest BCUT2D eigenvalue weighted by Crippen LogP contribution is 2.43. The monoisotopic (exact) mass is 288 g/mol. The number of hydrogen-bond donors (Lipinski definition) is 1. The lowest BCUT2D eigenvalue weighted by molar-refractivity contribution is -0.128. The van der Waals surface area contributed by atoms with Gasteiger partial charge in [-0.2, -0.15) is 5.26 Å². The van der Waals surface area contributed by atoms with Gasteiger partial charge < -0.3 is 5.32 Å². The number of nitriles is 1. The first-order chi connectivity index (χ1) is 9.64. The van der Waals surface area contributed by atoms with Gasteiger partial charge in [0, 0.05) is 17.0 Å². The van der Waals surface area contributed by atoms with E-state index in [9.17, 15) is 10.1 Å². The highest BCUT2D eigenvalue weighted by atomic mass is 35.5. The largest absolute Gasteiger partial charge is 0.351 e. The predicted molar refractivity (Wildman–Crippen MR) is 77.3 cm³/mol. The lowest BCUT2D eigenvalue weighted by atomic mass is 9.87. The molecule has 2 aliphatic rings. The van der Waals surface area contributed by atoms with Crippen LogP contribution in [0.1, 0.15) is 43.6 Å². The Labute approximate surface area is 123 Å². The number of carbonyl (C=O) groups excluding carboxylic acids is 1. The van der Waals surface area contributed by atoms with Crippen molar-refractivity contribution in [3.63, 3.8) is 0 Å². The van der Waals surface area contributed by atoms with E-state index in [1.54, 1.807) is 0 Å². The molecule has 0 spiro atoms. The fourth-order valence-corrected chi connectivity index (χ4v) is 3.33. The quantitative estimate of drug-likeness (QED) is 0.927. The molecule has 2 saturated carbocycles. The van der Waals surface area contributed by atoms with Crippen LogP contribution in [-0.4, -0.2) is 11.9 Å². The van der Waals surface area contributed by atoms with E-state index in [0.29, 0.717) is 18.8 Å². The molecule has 2 unspecified atom stereocenters. The summed E-state index contributed by atoms with van der Waals surface area (Å²) in [6.07, 6.45) is 4.29. The summed E-state index contributed by atoms with van der Waals surface area (Å²) < 4.78 is 0. The van der Waals surface area contributed by atoms with Crippen LogP contribution in [0.15, 0.2) is 24.3 Å². The molecule has 2 atom stereocenters. The van der Waals surface area contributed by atoms with Crippen LogP contribution in [0, 0.1) is 16.7 Å². The smallest absolute Gasteiger partial charge is 0.240 e. The van der Waals surface area contributed by atoms with Crippen LogP contribution in [-0.2, 0) is 4.79 Å². The Morgan fingerprint density at radius 3 is 2.80 bits per heavy atom. The van der Waals surface area contributed by atoms with Crippen molar-refractivity contribution in [3.05, 3.63) is 34.9 Å². The van der Waals surface area contributed by atoms with Gasteiger partial charge in [0.25, 0.3) is 0 Å². The molecule has 1 amide bonds. The van der Waals surface area contributed by atoms with Gasteiger partial charge in [0.2, 0.25) is 5.91 Å². The van der Waals surface area contributed by atoms with Crippen LogP contribution in [0.3, 0.4) is 0 Å². The Morgan fingerprint density at radius 1 is 1.40 bits per heavy atom. The molecule has 2 aliphatic carbocycles. The first kappa shape index (κ1) is 13.5. The molecule has 0 bridgehead atoms. The molecule has 1 aromatic rings. The third kappa shape index (κ3) is 2.41. The third-order valence-electron chi connectivity index (χ3n) is 4.49. The van der Waals surface area contributed by atoms with E-state index < -0.39 is 5.41 Å². The number of nitrogens with zero attached hydrogens (tertiary/aromatic N) is 1. The van der Waals surface area contributed by atoms with Crippen molar-refractivity contribution in [2.75, 3.05) is 0 Å². The van der Waals surface area contributed by atoms with Crippen LogP contribution in [0.2, 0.25) is 5.02 Å². The van der Waals surface area contributed by atoms with Crippen molar-refractivity contribution in [2.24, 2.45) is 5.41 Å². The van der Waals surface area contributed by atoms with Crippen molar-refractivity contribution in [2.45, 2.75) is 44.1 Å². The normalized spacial score (nSPS) is 26.8. The van der Waals surface area contributed by atoms with Gasteiger partial charge in [-0.05, 0) is 37.0 Å². The minimum absolute atomic E-state index is 0.0768. The van der Waals surface area contributed by atoms with E-state index in [1.807, 2.05) is 24.3 Å². The van der Waals surface area contributed by atoms with E-state index in [-0.39, 0.29) is 11.9 Å². The van der Waals surface area contributed by atoms with Crippen molar-refractivity contribution in [1.29, 1.82) is 5.26 Å². The molecule has 3 rings (SSSR count). The number of rotatable bonds is 3. The highest BCUT2D eigenvalue weighted by Gasteiger charge is 2.46. The molecule has 1 aromatic carbocycles. The second-order valence-electron chi connectivity index (χ2n) is 5.88. The van der Waals surface area contributed by atoms with E-state index in [2.05, 4.69) is 11.4 Å². The minimum Gasteiger partial charge on any atom is -0.351 e. The molecule has 0 heterocycles. The number of amides is 1. The van der Waals surface area contributed by atoms with E-state index in [0.717, 1.165) is 24.3 Å². The highest BCUT2D eigenvalue weighted by molar-refractivity contribution is 6.30. The molecule has 4 heteroatoms. The van der Waals surface area contributed by atoms with Crippen LogP contribution < -0.4 is 5.32 Å². The first-order valence-electron chi connectivity index (χ1n) is 7.12. The maximum Gasteiger partial charge on any atom is 0.240 e. The maximum atomic E-state index is 12.3. The molecular formula is C16H17ClN2O. The number of nitrogens with one attached hydrogen (secondary N) is 1. The van der Waals surface area contributed by atoms with Crippen LogP contribution in [0.4, 0.5) is 0 Å². The fraction of sp³-hybridized carbons (Fsp3) is 0.500. The SMILES string of the molecule is N#CC1(C(=O)NC2CC2c2cccc(Cl)c2)CCCC1. The summed E-state index contributed by atoms with van der Waals surface area (Å²) in [7, 11) is 0. The molecule has 3 nitrogen and oxygen atoms in total. The average molecular weight is 289 g/mol. The lowest BCUT2D eigenvalue weighted by Crippen LogP contribution is -2.39. The molecular weight excluding hydrogens is 272 g/mol. The topological polar surface area (TPSA) is 52.9 Å². The summed E-state index contributed by atoms with van der Waals surface area (Å²) in [5, 5.41) is 13.1. The van der Waals surface area contributed by atoms with Gasteiger partial charge in [-0.15, -0.1) is 0 Å². The molecule has 0 saturated heterocycles. The Kier molecular flexibility index (Phi) is 3.43. The zero-order valence-electron chi connectivity index (χ0n) is 11.2. The Bertz CT molecular complexity index is 572. The van der Waals surface area contributed by atoms with Crippen molar-refractivity contribution < 1.29 is 4.79 Å². The summed E-state index contributed by atoms with van der Waals surface area (Å²) in [5.74, 6) is 0.266. The third-order valence-corrected chi connectivity index (χ3v) is 4.72. The minimum atomic E-state index is -0.776. The summed E-state index contributed by atoms with van der Waals surface area (Å²) in [6, 6.07) is 10.2. The van der Waals surface area contributed by atoms with Crippen LogP contribution >= 0.6 is 11.6 Å². The maximum absolute atomic E-state index is 12.3. The molecule has 1 N–H and O–H groups in total. The Balaban J connectivity index is 1.64. The molecule has 20 heavy (non-hydrogen) atoms. The second-order valence-corrected chi connectivity index (χ2v) is 6.31. The first-order valence-corrected chi connectivity index (χ1v) is 7.50. The summed E-state index contributed by atoms with van der Waals surface area (Å²) in [4.78, 5) is 12.3. The number of carbonyl (C=O) groups is 1. The zero-order chi connectivity index (χ0) is 14.2. The van der Waals surface area contributed by atoms with Gasteiger partial charge in [-0.1, -0.05) is 36.6 Å². The van der Waals surface area contributed by atoms with Crippen LogP contribution in [0.25, 0.3) is 0 Å². The second kappa shape index (κ2) is 5.10. The molecule has 0 radical (unpaired) electrons. The zero-order valence-corrected chi connectivity index (χ0v) is 12.0. The van der Waals surface area contributed by atoms with Gasteiger partial charge >= 0.3 is 0 Å². The average Bonchev–Trinajstić information content (AvgIpc) is 3.03. The van der Waals surface area contributed by atoms with Crippen LogP contribution in [0.5, 0.6) is 0 Å². The Morgan fingerprint density at radius 2 is 2.15 bits per heavy atom. The van der Waals surface area contributed by atoms with Gasteiger partial charge in [-0.3, -0.25) is 4.79 Å². The van der Waals surface area contributed by atoms with Gasteiger partial charge in [0.1, 0.15) is 5.41 Å². The van der Waals surface area contributed by atoms with E-state index in [1.165, 1.54) is 5.56 Å². The molecule has 2 fully saturated rings. The number of halogens is 1. The molecule has 0 aliphatic heterocycles. The lowest BCUT2D eigenvalue weighted by Gasteiger charge is -2.19. The molecule has 104 valence electrons. The van der Waals surface area contributed by atoms with Crippen molar-refractivity contribution >= 4 is 17.5 Å². The fourth-order valence-electron chi connectivity index (χ4n) is 3.13. The predicted octanol–water partition coefficient (Wildman–Crippen LogP) is 3.40. The summed E-state index contributed by atoms with van der Waals surface area (Å²) >= 11 is 5.99. The van der Waals surface area contributed by atoms with E-state index in [4.69, 9.17) is 11.6 Å².